The number of amides is 2. The number of rotatable bonds is 7. The third-order valence-corrected chi connectivity index (χ3v) is 4.78. The van der Waals surface area contributed by atoms with Crippen molar-refractivity contribution in [3.63, 3.8) is 0 Å². The van der Waals surface area contributed by atoms with Crippen molar-refractivity contribution in [3.05, 3.63) is 88.1 Å². The first-order valence-corrected chi connectivity index (χ1v) is 9.34. The van der Waals surface area contributed by atoms with Gasteiger partial charge in [-0.25, -0.2) is 4.98 Å². The predicted octanol–water partition coefficient (Wildman–Crippen LogP) is 3.72. The van der Waals surface area contributed by atoms with Crippen molar-refractivity contribution in [3.8, 4) is 17.0 Å². The summed E-state index contributed by atoms with van der Waals surface area (Å²) in [4.78, 5) is 40.5. The zero-order valence-electron chi connectivity index (χ0n) is 15.9. The monoisotopic (exact) mass is 403 g/mol. The van der Waals surface area contributed by atoms with Crippen LogP contribution in [0, 0.1) is 10.1 Å². The van der Waals surface area contributed by atoms with E-state index in [-0.39, 0.29) is 30.7 Å². The molecule has 2 aromatic carbocycles. The number of carbonyl (C=O) groups excluding carboxylic acids is 2. The first kappa shape index (κ1) is 19.3. The highest BCUT2D eigenvalue weighted by atomic mass is 16.6. The molecule has 0 fully saturated rings. The molecular weight excluding hydrogens is 386 g/mol. The van der Waals surface area contributed by atoms with Crippen LogP contribution in [0.5, 0.6) is 5.75 Å². The smallest absolute Gasteiger partial charge is 0.287 e. The predicted molar refractivity (Wildman–Crippen MR) is 108 cm³/mol. The van der Waals surface area contributed by atoms with E-state index in [4.69, 9.17) is 4.74 Å². The fourth-order valence-electron chi connectivity index (χ4n) is 3.30. The Morgan fingerprint density at radius 3 is 2.13 bits per heavy atom. The molecule has 8 nitrogen and oxygen atoms in total. The van der Waals surface area contributed by atoms with Crippen molar-refractivity contribution in [1.82, 2.24) is 9.88 Å². The molecule has 0 saturated heterocycles. The number of nitro groups is 1. The fraction of sp³-hybridized carbons (Fsp3) is 0.136. The molecule has 1 aromatic heterocycles. The molecule has 8 heteroatoms. The second-order valence-electron chi connectivity index (χ2n) is 6.66. The number of hydrogen-bond donors (Lipinski definition) is 0. The Labute approximate surface area is 171 Å². The zero-order valence-corrected chi connectivity index (χ0v) is 15.9. The van der Waals surface area contributed by atoms with E-state index in [9.17, 15) is 19.7 Å². The number of hydrogen-bond acceptors (Lipinski definition) is 6. The van der Waals surface area contributed by atoms with E-state index in [1.807, 2.05) is 18.2 Å². The molecule has 0 aliphatic carbocycles. The van der Waals surface area contributed by atoms with Gasteiger partial charge in [0.15, 0.2) is 0 Å². The van der Waals surface area contributed by atoms with Crippen LogP contribution in [0.1, 0.15) is 27.1 Å². The number of fused-ring (bicyclic) bond motifs is 1. The lowest BCUT2D eigenvalue weighted by molar-refractivity contribution is -0.385. The molecule has 0 unspecified atom stereocenters. The number of para-hydroxylation sites is 1. The third kappa shape index (κ3) is 3.62. The highest BCUT2D eigenvalue weighted by Crippen LogP contribution is 2.29. The van der Waals surface area contributed by atoms with Crippen LogP contribution in [-0.4, -0.2) is 39.8 Å². The van der Waals surface area contributed by atoms with Gasteiger partial charge >= 0.3 is 0 Å². The molecule has 0 N–H and O–H groups in total. The van der Waals surface area contributed by atoms with Crippen molar-refractivity contribution in [2.45, 2.75) is 6.42 Å². The van der Waals surface area contributed by atoms with Crippen molar-refractivity contribution in [2.24, 2.45) is 0 Å². The molecule has 0 bridgehead atoms. The van der Waals surface area contributed by atoms with E-state index < -0.39 is 4.92 Å². The molecule has 1 aliphatic rings. The quantitative estimate of drug-likeness (QED) is 0.258. The summed E-state index contributed by atoms with van der Waals surface area (Å²) >= 11 is 0. The van der Waals surface area contributed by atoms with Crippen LogP contribution in [-0.2, 0) is 0 Å². The van der Waals surface area contributed by atoms with Crippen LogP contribution in [0.25, 0.3) is 11.3 Å². The van der Waals surface area contributed by atoms with Crippen molar-refractivity contribution in [2.75, 3.05) is 13.2 Å². The number of benzene rings is 2. The normalized spacial score (nSPS) is 12.7. The van der Waals surface area contributed by atoms with Gasteiger partial charge in [0.05, 0.1) is 28.4 Å². The number of ether oxygens (including phenoxy) is 1. The number of imide groups is 1. The second kappa shape index (κ2) is 8.12. The summed E-state index contributed by atoms with van der Waals surface area (Å²) < 4.78 is 5.85. The summed E-state index contributed by atoms with van der Waals surface area (Å²) in [6.45, 7) is 0.543. The van der Waals surface area contributed by atoms with Crippen molar-refractivity contribution >= 4 is 17.5 Å². The van der Waals surface area contributed by atoms with E-state index >= 15 is 0 Å². The van der Waals surface area contributed by atoms with Crippen LogP contribution in [0.15, 0.2) is 66.9 Å². The van der Waals surface area contributed by atoms with E-state index in [2.05, 4.69) is 4.98 Å². The molecule has 0 spiro atoms. The van der Waals surface area contributed by atoms with Gasteiger partial charge in [-0.2, -0.15) is 0 Å². The SMILES string of the molecule is O=C1c2ccccc2C(=O)N1CCCOc1ccccc1-c1ccc([N+](=O)[O-])cn1. The minimum Gasteiger partial charge on any atom is -0.493 e. The Balaban J connectivity index is 1.39. The van der Waals surface area contributed by atoms with E-state index in [0.717, 1.165) is 0 Å². The summed E-state index contributed by atoms with van der Waals surface area (Å²) in [5.74, 6) is -0.00151. The summed E-state index contributed by atoms with van der Waals surface area (Å²) in [7, 11) is 0. The zero-order chi connectivity index (χ0) is 21.1. The molecule has 3 aromatic rings. The molecule has 4 rings (SSSR count). The molecule has 0 radical (unpaired) electrons. The van der Waals surface area contributed by atoms with Gasteiger partial charge in [-0.1, -0.05) is 24.3 Å². The molecular formula is C22H17N3O5. The molecule has 0 atom stereocenters. The van der Waals surface area contributed by atoms with Gasteiger partial charge in [-0.15, -0.1) is 0 Å². The van der Waals surface area contributed by atoms with Gasteiger partial charge in [0, 0.05) is 18.2 Å². The largest absolute Gasteiger partial charge is 0.493 e. The Bertz CT molecular complexity index is 1090. The Kier molecular flexibility index (Phi) is 5.21. The van der Waals surface area contributed by atoms with E-state index in [1.165, 1.54) is 17.2 Å². The topological polar surface area (TPSA) is 103 Å². The van der Waals surface area contributed by atoms with E-state index in [1.54, 1.807) is 36.4 Å². The second-order valence-corrected chi connectivity index (χ2v) is 6.66. The van der Waals surface area contributed by atoms with E-state index in [0.29, 0.717) is 34.6 Å². The van der Waals surface area contributed by atoms with Crippen LogP contribution in [0.4, 0.5) is 5.69 Å². The fourth-order valence-corrected chi connectivity index (χ4v) is 3.30. The van der Waals surface area contributed by atoms with Crippen molar-refractivity contribution < 1.29 is 19.2 Å². The minimum atomic E-state index is -0.502. The molecule has 2 amide bonds. The lowest BCUT2D eigenvalue weighted by atomic mass is 10.1. The lowest BCUT2D eigenvalue weighted by Crippen LogP contribution is -2.31. The third-order valence-electron chi connectivity index (χ3n) is 4.78. The maximum absolute atomic E-state index is 12.4. The first-order chi connectivity index (χ1) is 14.6. The van der Waals surface area contributed by atoms with Gasteiger partial charge in [0.2, 0.25) is 0 Å². The van der Waals surface area contributed by atoms with Crippen molar-refractivity contribution in [1.29, 1.82) is 0 Å². The van der Waals surface area contributed by atoms with Gasteiger partial charge in [-0.05, 0) is 36.8 Å². The molecule has 30 heavy (non-hydrogen) atoms. The standard InChI is InChI=1S/C22H17N3O5/c26-21-16-6-1-2-7-17(16)22(27)24(21)12-5-13-30-20-9-4-3-8-18(20)19-11-10-15(14-23-19)25(28)29/h1-4,6-11,14H,5,12-13H2. The van der Waals surface area contributed by atoms with Gasteiger partial charge in [0.1, 0.15) is 11.9 Å². The Morgan fingerprint density at radius 1 is 0.900 bits per heavy atom. The molecule has 2 heterocycles. The summed E-state index contributed by atoms with van der Waals surface area (Å²) in [6.07, 6.45) is 1.67. The van der Waals surface area contributed by atoms with Crippen LogP contribution < -0.4 is 4.74 Å². The number of nitrogens with zero attached hydrogens (tertiary/aromatic N) is 3. The maximum atomic E-state index is 12.4. The summed E-state index contributed by atoms with van der Waals surface area (Å²) in [5.41, 5.74) is 2.03. The Morgan fingerprint density at radius 2 is 1.53 bits per heavy atom. The minimum absolute atomic E-state index is 0.0851. The lowest BCUT2D eigenvalue weighted by Gasteiger charge is -2.15. The Hall–Kier alpha value is -4.07. The highest BCUT2D eigenvalue weighted by Gasteiger charge is 2.34. The maximum Gasteiger partial charge on any atom is 0.287 e. The number of aromatic nitrogens is 1. The summed E-state index contributed by atoms with van der Waals surface area (Å²) in [5, 5.41) is 10.8. The molecule has 1 aliphatic heterocycles. The molecule has 0 saturated carbocycles. The highest BCUT2D eigenvalue weighted by molar-refractivity contribution is 6.21. The molecule has 150 valence electrons. The first-order valence-electron chi connectivity index (χ1n) is 9.34. The van der Waals surface area contributed by atoms with Gasteiger partial charge in [-0.3, -0.25) is 24.6 Å². The summed E-state index contributed by atoms with van der Waals surface area (Å²) in [6, 6.07) is 17.0. The van der Waals surface area contributed by atoms with Gasteiger partial charge < -0.3 is 4.74 Å². The average Bonchev–Trinajstić information content (AvgIpc) is 3.02. The number of pyridine rings is 1. The average molecular weight is 403 g/mol. The van der Waals surface area contributed by atoms with Crippen LogP contribution >= 0.6 is 0 Å². The van der Waals surface area contributed by atoms with Gasteiger partial charge in [0.25, 0.3) is 17.5 Å². The number of carbonyl (C=O) groups is 2. The van der Waals surface area contributed by atoms with Crippen LogP contribution in [0.2, 0.25) is 0 Å². The van der Waals surface area contributed by atoms with Crippen LogP contribution in [0.3, 0.4) is 0 Å².